The summed E-state index contributed by atoms with van der Waals surface area (Å²) < 4.78 is 0. The molecule has 0 aromatic heterocycles. The van der Waals surface area contributed by atoms with Crippen molar-refractivity contribution in [3.8, 4) is 0 Å². The molecule has 3 N–H and O–H groups in total. The van der Waals surface area contributed by atoms with Gasteiger partial charge in [0.2, 0.25) is 5.91 Å². The van der Waals surface area contributed by atoms with Crippen LogP contribution in [0.1, 0.15) is 49.0 Å². The predicted molar refractivity (Wildman–Crippen MR) is 108 cm³/mol. The van der Waals surface area contributed by atoms with Gasteiger partial charge in [-0.1, -0.05) is 26.0 Å². The Kier molecular flexibility index (Phi) is 8.10. The van der Waals surface area contributed by atoms with Crippen molar-refractivity contribution >= 4 is 17.8 Å². The summed E-state index contributed by atoms with van der Waals surface area (Å²) in [7, 11) is 1.73. The fourth-order valence-electron chi connectivity index (χ4n) is 3.07. The van der Waals surface area contributed by atoms with Gasteiger partial charge in [0, 0.05) is 51.3 Å². The number of guanidine groups is 1. The van der Waals surface area contributed by atoms with Gasteiger partial charge in [-0.05, 0) is 30.5 Å². The van der Waals surface area contributed by atoms with Crippen LogP contribution in [0.2, 0.25) is 0 Å². The molecule has 1 aliphatic rings. The number of nitrogens with zero attached hydrogens (tertiary/aromatic N) is 2. The first-order valence-electron chi connectivity index (χ1n) is 9.69. The Bertz CT molecular complexity index is 674. The Morgan fingerprint density at radius 1 is 1.26 bits per heavy atom. The first-order valence-corrected chi connectivity index (χ1v) is 9.69. The third-order valence-corrected chi connectivity index (χ3v) is 4.59. The molecule has 2 amide bonds. The van der Waals surface area contributed by atoms with Gasteiger partial charge in [-0.15, -0.1) is 0 Å². The summed E-state index contributed by atoms with van der Waals surface area (Å²) in [6.45, 7) is 6.66. The van der Waals surface area contributed by atoms with Crippen LogP contribution in [0.3, 0.4) is 0 Å². The highest BCUT2D eigenvalue weighted by Crippen LogP contribution is 2.10. The molecule has 1 heterocycles. The van der Waals surface area contributed by atoms with Gasteiger partial charge in [-0.2, -0.15) is 0 Å². The van der Waals surface area contributed by atoms with Gasteiger partial charge in [0.15, 0.2) is 5.96 Å². The van der Waals surface area contributed by atoms with E-state index in [-0.39, 0.29) is 17.9 Å². The maximum Gasteiger partial charge on any atom is 0.251 e. The molecule has 1 aliphatic heterocycles. The van der Waals surface area contributed by atoms with Gasteiger partial charge in [0.25, 0.3) is 5.91 Å². The number of carbonyl (C=O) groups excluding carboxylic acids is 2. The second-order valence-corrected chi connectivity index (χ2v) is 6.71. The SMILES string of the molecule is CCCNC(=O)c1cccc(CNC(=NC)NC2CCN(C(=O)CC)C2)c1. The summed E-state index contributed by atoms with van der Waals surface area (Å²) in [5.41, 5.74) is 1.67. The maximum absolute atomic E-state index is 12.1. The number of carbonyl (C=O) groups is 2. The summed E-state index contributed by atoms with van der Waals surface area (Å²) in [4.78, 5) is 30.0. The Balaban J connectivity index is 1.86. The van der Waals surface area contributed by atoms with Crippen LogP contribution in [-0.4, -0.2) is 55.4 Å². The van der Waals surface area contributed by atoms with Crippen LogP contribution in [0.25, 0.3) is 0 Å². The molecule has 148 valence electrons. The third kappa shape index (κ3) is 6.27. The lowest BCUT2D eigenvalue weighted by Crippen LogP contribution is -2.44. The van der Waals surface area contributed by atoms with E-state index in [9.17, 15) is 9.59 Å². The summed E-state index contributed by atoms with van der Waals surface area (Å²) in [6, 6.07) is 7.79. The number of likely N-dealkylation sites (tertiary alicyclic amines) is 1. The van der Waals surface area contributed by atoms with Crippen molar-refractivity contribution in [3.63, 3.8) is 0 Å². The first-order chi connectivity index (χ1) is 13.1. The van der Waals surface area contributed by atoms with Crippen LogP contribution in [0.5, 0.6) is 0 Å². The standard InChI is InChI=1S/C20H31N5O2/c1-4-10-22-19(27)16-8-6-7-15(12-16)13-23-20(21-3)24-17-9-11-25(14-17)18(26)5-2/h6-8,12,17H,4-5,9-11,13-14H2,1-3H3,(H,22,27)(H2,21,23,24). The van der Waals surface area contributed by atoms with E-state index in [0.717, 1.165) is 24.9 Å². The molecular formula is C20H31N5O2. The highest BCUT2D eigenvalue weighted by molar-refractivity contribution is 5.94. The molecule has 0 aliphatic carbocycles. The average Bonchev–Trinajstić information content (AvgIpc) is 3.17. The molecule has 1 unspecified atom stereocenters. The van der Waals surface area contributed by atoms with Gasteiger partial charge in [-0.3, -0.25) is 14.6 Å². The number of hydrogen-bond acceptors (Lipinski definition) is 3. The monoisotopic (exact) mass is 373 g/mol. The molecule has 7 heteroatoms. The van der Waals surface area contributed by atoms with Crippen molar-refractivity contribution in [1.29, 1.82) is 0 Å². The van der Waals surface area contributed by atoms with Gasteiger partial charge in [-0.25, -0.2) is 0 Å². The molecule has 1 aromatic carbocycles. The van der Waals surface area contributed by atoms with Crippen molar-refractivity contribution in [2.24, 2.45) is 4.99 Å². The second-order valence-electron chi connectivity index (χ2n) is 6.71. The minimum atomic E-state index is -0.0483. The van der Waals surface area contributed by atoms with Gasteiger partial charge in [0.1, 0.15) is 0 Å². The van der Waals surface area contributed by atoms with Crippen LogP contribution < -0.4 is 16.0 Å². The van der Waals surface area contributed by atoms with Crippen molar-refractivity contribution in [1.82, 2.24) is 20.9 Å². The summed E-state index contributed by atoms with van der Waals surface area (Å²) >= 11 is 0. The molecule has 0 radical (unpaired) electrons. The highest BCUT2D eigenvalue weighted by Gasteiger charge is 2.25. The molecule has 2 rings (SSSR count). The van der Waals surface area contributed by atoms with E-state index in [1.165, 1.54) is 0 Å². The van der Waals surface area contributed by atoms with Crippen LogP contribution in [-0.2, 0) is 11.3 Å². The molecule has 7 nitrogen and oxygen atoms in total. The number of rotatable bonds is 7. The van der Waals surface area contributed by atoms with Crippen molar-refractivity contribution < 1.29 is 9.59 Å². The van der Waals surface area contributed by atoms with E-state index in [2.05, 4.69) is 20.9 Å². The first kappa shape index (κ1) is 20.7. The van der Waals surface area contributed by atoms with E-state index in [1.807, 2.05) is 43.0 Å². The molecule has 27 heavy (non-hydrogen) atoms. The predicted octanol–water partition coefficient (Wildman–Crippen LogP) is 1.50. The lowest BCUT2D eigenvalue weighted by atomic mass is 10.1. The van der Waals surface area contributed by atoms with Crippen LogP contribution in [0.4, 0.5) is 0 Å². The zero-order chi connectivity index (χ0) is 19.6. The molecule has 0 bridgehead atoms. The van der Waals surface area contributed by atoms with Crippen LogP contribution in [0, 0.1) is 0 Å². The molecule has 0 saturated carbocycles. The zero-order valence-electron chi connectivity index (χ0n) is 16.5. The van der Waals surface area contributed by atoms with Crippen LogP contribution in [0.15, 0.2) is 29.3 Å². The topological polar surface area (TPSA) is 85.8 Å². The summed E-state index contributed by atoms with van der Waals surface area (Å²) in [5, 5.41) is 9.55. The van der Waals surface area contributed by atoms with E-state index < -0.39 is 0 Å². The molecule has 1 saturated heterocycles. The molecule has 1 aromatic rings. The Hall–Kier alpha value is -2.57. The third-order valence-electron chi connectivity index (χ3n) is 4.59. The Morgan fingerprint density at radius 2 is 2.07 bits per heavy atom. The minimum absolute atomic E-state index is 0.0483. The van der Waals surface area contributed by atoms with E-state index in [1.54, 1.807) is 7.05 Å². The minimum Gasteiger partial charge on any atom is -0.352 e. The quantitative estimate of drug-likeness (QED) is 0.499. The summed E-state index contributed by atoms with van der Waals surface area (Å²) in [5.74, 6) is 0.847. The molecule has 0 spiro atoms. The lowest BCUT2D eigenvalue weighted by molar-refractivity contribution is -0.129. The largest absolute Gasteiger partial charge is 0.352 e. The van der Waals surface area contributed by atoms with Crippen LogP contribution >= 0.6 is 0 Å². The van der Waals surface area contributed by atoms with Gasteiger partial charge < -0.3 is 20.9 Å². The average molecular weight is 374 g/mol. The molecule has 1 atom stereocenters. The summed E-state index contributed by atoms with van der Waals surface area (Å²) in [6.07, 6.45) is 2.37. The van der Waals surface area contributed by atoms with Crippen molar-refractivity contribution in [2.75, 3.05) is 26.7 Å². The van der Waals surface area contributed by atoms with Crippen molar-refractivity contribution in [2.45, 2.75) is 45.7 Å². The number of hydrogen-bond donors (Lipinski definition) is 3. The fraction of sp³-hybridized carbons (Fsp3) is 0.550. The smallest absolute Gasteiger partial charge is 0.251 e. The number of benzene rings is 1. The van der Waals surface area contributed by atoms with E-state index in [0.29, 0.717) is 37.6 Å². The maximum atomic E-state index is 12.1. The van der Waals surface area contributed by atoms with Crippen molar-refractivity contribution in [3.05, 3.63) is 35.4 Å². The second kappa shape index (κ2) is 10.5. The Morgan fingerprint density at radius 3 is 2.78 bits per heavy atom. The number of amides is 2. The molecule has 1 fully saturated rings. The number of aliphatic imine (C=N–C) groups is 1. The number of nitrogens with one attached hydrogen (secondary N) is 3. The highest BCUT2D eigenvalue weighted by atomic mass is 16.2. The normalized spacial score (nSPS) is 16.9. The van der Waals surface area contributed by atoms with E-state index in [4.69, 9.17) is 0 Å². The Labute approximate surface area is 161 Å². The lowest BCUT2D eigenvalue weighted by Gasteiger charge is -2.19. The van der Waals surface area contributed by atoms with Gasteiger partial charge >= 0.3 is 0 Å². The van der Waals surface area contributed by atoms with Gasteiger partial charge in [0.05, 0.1) is 0 Å². The molecular weight excluding hydrogens is 342 g/mol. The zero-order valence-corrected chi connectivity index (χ0v) is 16.5. The van der Waals surface area contributed by atoms with E-state index >= 15 is 0 Å². The fourth-order valence-corrected chi connectivity index (χ4v) is 3.07.